The smallest absolute Gasteiger partial charge is 0.258 e. The molecule has 0 amide bonds. The first kappa shape index (κ1) is 11.5. The predicted molar refractivity (Wildman–Crippen MR) is 49.2 cm³/mol. The molecule has 1 rings (SSSR count). The van der Waals surface area contributed by atoms with E-state index in [2.05, 4.69) is 0 Å². The van der Waals surface area contributed by atoms with Crippen LogP contribution in [0.1, 0.15) is 5.56 Å². The fourth-order valence-corrected chi connectivity index (χ4v) is 2.00. The minimum absolute atomic E-state index is 0.0283. The van der Waals surface area contributed by atoms with E-state index in [1.165, 1.54) is 6.92 Å². The molecule has 1 aromatic rings. The van der Waals surface area contributed by atoms with E-state index in [0.717, 1.165) is 12.1 Å². The second-order valence-electron chi connectivity index (χ2n) is 2.85. The molecule has 0 aromatic heterocycles. The van der Waals surface area contributed by atoms with E-state index in [1.54, 1.807) is 0 Å². The molecule has 1 aromatic carbocycles. The van der Waals surface area contributed by atoms with Crippen LogP contribution in [0.2, 0.25) is 0 Å². The SMILES string of the molecule is Cc1ccc([N+](=O)[O-])c(F)c1S(N)(=O)=O. The summed E-state index contributed by atoms with van der Waals surface area (Å²) in [7, 11) is -4.30. The lowest BCUT2D eigenvalue weighted by atomic mass is 10.2. The maximum absolute atomic E-state index is 13.4. The van der Waals surface area contributed by atoms with Crippen LogP contribution in [-0.2, 0) is 10.0 Å². The minimum atomic E-state index is -4.30. The molecule has 0 heterocycles. The van der Waals surface area contributed by atoms with Crippen molar-refractivity contribution in [2.45, 2.75) is 11.8 Å². The summed E-state index contributed by atoms with van der Waals surface area (Å²) in [4.78, 5) is 8.50. The molecule has 0 radical (unpaired) electrons. The first-order valence-electron chi connectivity index (χ1n) is 3.71. The number of nitro benzene ring substituents is 1. The summed E-state index contributed by atoms with van der Waals surface area (Å²) >= 11 is 0. The zero-order valence-electron chi connectivity index (χ0n) is 7.60. The average molecular weight is 234 g/mol. The summed E-state index contributed by atoms with van der Waals surface area (Å²) in [6.45, 7) is 1.30. The third-order valence-electron chi connectivity index (χ3n) is 1.75. The second-order valence-corrected chi connectivity index (χ2v) is 4.35. The Morgan fingerprint density at radius 1 is 1.47 bits per heavy atom. The Labute approximate surface area is 84.7 Å². The molecule has 0 saturated carbocycles. The monoisotopic (exact) mass is 234 g/mol. The van der Waals surface area contributed by atoms with Crippen molar-refractivity contribution in [3.05, 3.63) is 33.6 Å². The zero-order valence-corrected chi connectivity index (χ0v) is 8.41. The summed E-state index contributed by atoms with van der Waals surface area (Å²) in [5.41, 5.74) is -0.884. The van der Waals surface area contributed by atoms with Gasteiger partial charge in [-0.05, 0) is 12.5 Å². The number of aryl methyl sites for hydroxylation is 1. The van der Waals surface area contributed by atoms with E-state index in [4.69, 9.17) is 5.14 Å². The van der Waals surface area contributed by atoms with Crippen molar-refractivity contribution >= 4 is 15.7 Å². The molecule has 0 bridgehead atoms. The van der Waals surface area contributed by atoms with Crippen LogP contribution in [0.5, 0.6) is 0 Å². The van der Waals surface area contributed by atoms with Gasteiger partial charge in [0.2, 0.25) is 15.8 Å². The first-order valence-corrected chi connectivity index (χ1v) is 5.26. The number of halogens is 1. The molecule has 0 aliphatic heterocycles. The third-order valence-corrected chi connectivity index (χ3v) is 2.83. The Balaban J connectivity index is 3.66. The summed E-state index contributed by atoms with van der Waals surface area (Å²) in [6, 6.07) is 2.01. The van der Waals surface area contributed by atoms with Crippen molar-refractivity contribution in [1.82, 2.24) is 0 Å². The summed E-state index contributed by atoms with van der Waals surface area (Å²) in [5.74, 6) is -1.43. The lowest BCUT2D eigenvalue weighted by Crippen LogP contribution is -2.16. The highest BCUT2D eigenvalue weighted by Gasteiger charge is 2.25. The fourth-order valence-electron chi connectivity index (χ4n) is 1.13. The number of rotatable bonds is 2. The molecular weight excluding hydrogens is 227 g/mol. The molecule has 0 aliphatic carbocycles. The van der Waals surface area contributed by atoms with Gasteiger partial charge < -0.3 is 0 Å². The number of hydrogen-bond acceptors (Lipinski definition) is 4. The van der Waals surface area contributed by atoms with Crippen LogP contribution >= 0.6 is 0 Å². The van der Waals surface area contributed by atoms with Gasteiger partial charge in [-0.1, -0.05) is 6.07 Å². The maximum atomic E-state index is 13.4. The van der Waals surface area contributed by atoms with E-state index in [9.17, 15) is 22.9 Å². The van der Waals surface area contributed by atoms with Crippen LogP contribution in [0.3, 0.4) is 0 Å². The Morgan fingerprint density at radius 3 is 2.40 bits per heavy atom. The van der Waals surface area contributed by atoms with Crippen LogP contribution in [-0.4, -0.2) is 13.3 Å². The molecule has 0 saturated heterocycles. The number of primary sulfonamides is 1. The number of hydrogen-bond donors (Lipinski definition) is 1. The van der Waals surface area contributed by atoms with E-state index >= 15 is 0 Å². The zero-order chi connectivity index (χ0) is 11.8. The number of nitrogens with zero attached hydrogens (tertiary/aromatic N) is 1. The third kappa shape index (κ3) is 2.10. The van der Waals surface area contributed by atoms with Crippen LogP contribution < -0.4 is 5.14 Å². The van der Waals surface area contributed by atoms with Crippen molar-refractivity contribution in [1.29, 1.82) is 0 Å². The van der Waals surface area contributed by atoms with Gasteiger partial charge >= 0.3 is 5.69 Å². The van der Waals surface area contributed by atoms with E-state index in [1.807, 2.05) is 0 Å². The van der Waals surface area contributed by atoms with Gasteiger partial charge in [-0.2, -0.15) is 4.39 Å². The molecule has 6 nitrogen and oxygen atoms in total. The Hall–Kier alpha value is -1.54. The fraction of sp³-hybridized carbons (Fsp3) is 0.143. The van der Waals surface area contributed by atoms with Crippen molar-refractivity contribution in [3.8, 4) is 0 Å². The highest BCUT2D eigenvalue weighted by molar-refractivity contribution is 7.89. The van der Waals surface area contributed by atoms with Crippen molar-refractivity contribution in [3.63, 3.8) is 0 Å². The molecule has 0 spiro atoms. The van der Waals surface area contributed by atoms with E-state index < -0.39 is 31.3 Å². The van der Waals surface area contributed by atoms with E-state index in [-0.39, 0.29) is 5.56 Å². The highest BCUT2D eigenvalue weighted by atomic mass is 32.2. The molecule has 2 N–H and O–H groups in total. The van der Waals surface area contributed by atoms with Gasteiger partial charge in [0.15, 0.2) is 0 Å². The lowest BCUT2D eigenvalue weighted by Gasteiger charge is -2.04. The van der Waals surface area contributed by atoms with Crippen LogP contribution in [0.15, 0.2) is 17.0 Å². The Bertz CT molecular complexity index is 526. The van der Waals surface area contributed by atoms with Crippen molar-refractivity contribution in [2.75, 3.05) is 0 Å². The van der Waals surface area contributed by atoms with Crippen molar-refractivity contribution < 1.29 is 17.7 Å². The maximum Gasteiger partial charge on any atom is 0.306 e. The minimum Gasteiger partial charge on any atom is -0.258 e. The van der Waals surface area contributed by atoms with Gasteiger partial charge in [0.05, 0.1) is 4.92 Å². The quantitative estimate of drug-likeness (QED) is 0.600. The summed E-state index contributed by atoms with van der Waals surface area (Å²) < 4.78 is 35.3. The van der Waals surface area contributed by atoms with Gasteiger partial charge in [0, 0.05) is 6.07 Å². The second kappa shape index (κ2) is 3.55. The van der Waals surface area contributed by atoms with Crippen LogP contribution in [0.4, 0.5) is 10.1 Å². The number of nitrogens with two attached hydrogens (primary N) is 1. The van der Waals surface area contributed by atoms with E-state index in [0.29, 0.717) is 0 Å². The largest absolute Gasteiger partial charge is 0.306 e. The highest BCUT2D eigenvalue weighted by Crippen LogP contribution is 2.26. The molecule has 8 heteroatoms. The molecule has 0 fully saturated rings. The molecule has 82 valence electrons. The van der Waals surface area contributed by atoms with Gasteiger partial charge in [0.25, 0.3) is 0 Å². The molecule has 15 heavy (non-hydrogen) atoms. The lowest BCUT2D eigenvalue weighted by molar-refractivity contribution is -0.387. The molecule has 0 unspecified atom stereocenters. The topological polar surface area (TPSA) is 103 Å². The predicted octanol–water partition coefficient (Wildman–Crippen LogP) is 0.690. The number of nitro groups is 1. The van der Waals surface area contributed by atoms with Gasteiger partial charge in [-0.15, -0.1) is 0 Å². The molecular formula is C7H7FN2O4S. The van der Waals surface area contributed by atoms with Crippen LogP contribution in [0, 0.1) is 22.9 Å². The molecule has 0 atom stereocenters. The van der Waals surface area contributed by atoms with Gasteiger partial charge in [-0.3, -0.25) is 10.1 Å². The summed E-state index contributed by atoms with van der Waals surface area (Å²) in [5, 5.41) is 15.1. The molecule has 0 aliphatic rings. The average Bonchev–Trinajstić information content (AvgIpc) is 2.00. The normalized spacial score (nSPS) is 11.4. The number of sulfonamides is 1. The standard InChI is InChI=1S/C7H7FN2O4S/c1-4-2-3-5(10(11)12)6(8)7(4)15(9,13)14/h2-3H,1H3,(H2,9,13,14). The Kier molecular flexibility index (Phi) is 2.73. The summed E-state index contributed by atoms with van der Waals surface area (Å²) in [6.07, 6.45) is 0. The number of benzene rings is 1. The van der Waals surface area contributed by atoms with Gasteiger partial charge in [-0.25, -0.2) is 13.6 Å². The van der Waals surface area contributed by atoms with Crippen LogP contribution in [0.25, 0.3) is 0 Å². The van der Waals surface area contributed by atoms with Gasteiger partial charge in [0.1, 0.15) is 4.90 Å². The first-order chi connectivity index (χ1) is 6.75. The Morgan fingerprint density at radius 2 is 2.00 bits per heavy atom. The van der Waals surface area contributed by atoms with Crippen molar-refractivity contribution in [2.24, 2.45) is 5.14 Å².